The summed E-state index contributed by atoms with van der Waals surface area (Å²) < 4.78 is 1.52. The van der Waals surface area contributed by atoms with Gasteiger partial charge < -0.3 is 15.0 Å². The van der Waals surface area contributed by atoms with E-state index in [0.29, 0.717) is 6.54 Å². The second-order valence-corrected chi connectivity index (χ2v) is 6.37. The van der Waals surface area contributed by atoms with Crippen molar-refractivity contribution in [2.24, 2.45) is 5.92 Å². The van der Waals surface area contributed by atoms with Crippen LogP contribution in [-0.2, 0) is 6.54 Å². The van der Waals surface area contributed by atoms with Gasteiger partial charge in [0, 0.05) is 12.7 Å². The molecule has 0 bridgehead atoms. The zero-order valence-electron chi connectivity index (χ0n) is 14.3. The minimum atomic E-state index is -0.632. The molecule has 24 heavy (non-hydrogen) atoms. The van der Waals surface area contributed by atoms with Crippen molar-refractivity contribution in [1.29, 1.82) is 0 Å². The van der Waals surface area contributed by atoms with Gasteiger partial charge in [0.15, 0.2) is 0 Å². The number of aliphatic hydroxyl groups is 1. The highest BCUT2D eigenvalue weighted by molar-refractivity contribution is 5.93. The molecule has 1 heterocycles. The first-order chi connectivity index (χ1) is 11.4. The molecule has 0 spiro atoms. The molecule has 0 radical (unpaired) electrons. The number of benzene rings is 1. The molecule has 1 atom stereocenters. The lowest BCUT2D eigenvalue weighted by molar-refractivity contribution is 0.0869. The quantitative estimate of drug-likeness (QED) is 0.851. The lowest BCUT2D eigenvalue weighted by atomic mass is 10.1. The van der Waals surface area contributed by atoms with E-state index in [2.05, 4.69) is 5.32 Å². The van der Waals surface area contributed by atoms with Crippen LogP contribution in [0.25, 0.3) is 0 Å². The number of rotatable bonds is 6. The number of amides is 1. The molecule has 128 valence electrons. The van der Waals surface area contributed by atoms with Gasteiger partial charge >= 0.3 is 0 Å². The summed E-state index contributed by atoms with van der Waals surface area (Å²) in [7, 11) is 0. The van der Waals surface area contributed by atoms with Crippen molar-refractivity contribution < 1.29 is 9.90 Å². The second kappa shape index (κ2) is 7.93. The van der Waals surface area contributed by atoms with E-state index >= 15 is 0 Å². The summed E-state index contributed by atoms with van der Waals surface area (Å²) >= 11 is 0. The molecule has 1 aromatic carbocycles. The van der Waals surface area contributed by atoms with Crippen LogP contribution in [-0.4, -0.2) is 28.2 Å². The Labute approximate surface area is 142 Å². The molecular formula is C19H24N2O3. The Hall–Kier alpha value is -2.40. The lowest BCUT2D eigenvalue weighted by Gasteiger charge is -2.15. The van der Waals surface area contributed by atoms with Crippen molar-refractivity contribution in [3.8, 4) is 0 Å². The number of pyridine rings is 1. The highest BCUT2D eigenvalue weighted by Crippen LogP contribution is 2.06. The van der Waals surface area contributed by atoms with Crippen LogP contribution in [0.2, 0.25) is 0 Å². The van der Waals surface area contributed by atoms with Crippen LogP contribution in [0.15, 0.2) is 47.4 Å². The zero-order valence-corrected chi connectivity index (χ0v) is 14.3. The zero-order chi connectivity index (χ0) is 17.7. The Balaban J connectivity index is 2.15. The number of aryl methyl sites for hydroxylation is 1. The van der Waals surface area contributed by atoms with Crippen molar-refractivity contribution in [2.75, 3.05) is 6.54 Å². The van der Waals surface area contributed by atoms with E-state index < -0.39 is 12.0 Å². The molecule has 0 saturated carbocycles. The van der Waals surface area contributed by atoms with Crippen molar-refractivity contribution in [3.05, 3.63) is 69.6 Å². The van der Waals surface area contributed by atoms with Gasteiger partial charge in [0.05, 0.1) is 12.6 Å². The molecule has 5 nitrogen and oxygen atoms in total. The number of aliphatic hydroxyl groups excluding tert-OH is 1. The third-order valence-corrected chi connectivity index (χ3v) is 3.94. The van der Waals surface area contributed by atoms with Crippen LogP contribution in [0.1, 0.15) is 35.3 Å². The number of hydrogen-bond donors (Lipinski definition) is 2. The van der Waals surface area contributed by atoms with Gasteiger partial charge in [-0.05, 0) is 30.5 Å². The van der Waals surface area contributed by atoms with Crippen LogP contribution in [0.3, 0.4) is 0 Å². The summed E-state index contributed by atoms with van der Waals surface area (Å²) in [5, 5.41) is 12.4. The molecule has 2 aromatic rings. The minimum Gasteiger partial charge on any atom is -0.391 e. The van der Waals surface area contributed by atoms with Crippen molar-refractivity contribution in [2.45, 2.75) is 33.4 Å². The largest absolute Gasteiger partial charge is 0.391 e. The van der Waals surface area contributed by atoms with Gasteiger partial charge in [-0.15, -0.1) is 0 Å². The van der Waals surface area contributed by atoms with Crippen LogP contribution in [0.4, 0.5) is 0 Å². The molecule has 0 aliphatic rings. The number of nitrogens with zero attached hydrogens (tertiary/aromatic N) is 1. The van der Waals surface area contributed by atoms with Crippen LogP contribution in [0, 0.1) is 12.8 Å². The van der Waals surface area contributed by atoms with Gasteiger partial charge in [0.2, 0.25) is 0 Å². The number of aromatic nitrogens is 1. The topological polar surface area (TPSA) is 71.3 Å². The molecular weight excluding hydrogens is 304 g/mol. The van der Waals surface area contributed by atoms with E-state index in [0.717, 1.165) is 11.1 Å². The van der Waals surface area contributed by atoms with Crippen LogP contribution < -0.4 is 10.9 Å². The highest BCUT2D eigenvalue weighted by atomic mass is 16.3. The summed E-state index contributed by atoms with van der Waals surface area (Å²) in [4.78, 5) is 24.7. The number of nitrogens with one attached hydrogen (secondary N) is 1. The van der Waals surface area contributed by atoms with Crippen LogP contribution in [0.5, 0.6) is 0 Å². The number of hydrogen-bond acceptors (Lipinski definition) is 3. The monoisotopic (exact) mass is 328 g/mol. The van der Waals surface area contributed by atoms with E-state index in [1.807, 2.05) is 45.0 Å². The van der Waals surface area contributed by atoms with Crippen molar-refractivity contribution >= 4 is 5.91 Å². The summed E-state index contributed by atoms with van der Waals surface area (Å²) in [6.45, 7) is 6.28. The Bertz CT molecular complexity index is 765. The lowest BCUT2D eigenvalue weighted by Crippen LogP contribution is -2.38. The van der Waals surface area contributed by atoms with Gasteiger partial charge in [-0.2, -0.15) is 0 Å². The smallest absolute Gasteiger partial charge is 0.263 e. The third-order valence-electron chi connectivity index (χ3n) is 3.94. The molecule has 0 fully saturated rings. The summed E-state index contributed by atoms with van der Waals surface area (Å²) in [6.07, 6.45) is 1.04. The van der Waals surface area contributed by atoms with Crippen LogP contribution >= 0.6 is 0 Å². The average Bonchev–Trinajstić information content (AvgIpc) is 2.54. The Morgan fingerprint density at radius 2 is 2.00 bits per heavy atom. The Morgan fingerprint density at radius 3 is 2.67 bits per heavy atom. The van der Waals surface area contributed by atoms with E-state index in [1.54, 1.807) is 12.3 Å². The number of carbonyl (C=O) groups is 1. The minimum absolute atomic E-state index is 0.0408. The maximum absolute atomic E-state index is 12.5. The van der Waals surface area contributed by atoms with E-state index in [1.165, 1.54) is 10.6 Å². The first kappa shape index (κ1) is 17.9. The molecule has 5 heteroatoms. The molecule has 1 unspecified atom stereocenters. The maximum atomic E-state index is 12.5. The first-order valence-electron chi connectivity index (χ1n) is 8.09. The normalized spacial score (nSPS) is 12.2. The fraction of sp³-hybridized carbons (Fsp3) is 0.368. The number of carbonyl (C=O) groups excluding carboxylic acids is 1. The van der Waals surface area contributed by atoms with Crippen molar-refractivity contribution in [1.82, 2.24) is 9.88 Å². The SMILES string of the molecule is Cc1cccc(Cn2cccc(C(=O)NCC(O)C(C)C)c2=O)c1. The van der Waals surface area contributed by atoms with E-state index in [9.17, 15) is 14.7 Å². The standard InChI is InChI=1S/C19H24N2O3/c1-13(2)17(22)11-20-18(23)16-8-5-9-21(19(16)24)12-15-7-4-6-14(3)10-15/h4-10,13,17,22H,11-12H2,1-3H3,(H,20,23). The molecule has 0 aliphatic heterocycles. The second-order valence-electron chi connectivity index (χ2n) is 6.37. The predicted molar refractivity (Wildman–Crippen MR) is 94.2 cm³/mol. The average molecular weight is 328 g/mol. The third kappa shape index (κ3) is 4.55. The Kier molecular flexibility index (Phi) is 5.93. The maximum Gasteiger partial charge on any atom is 0.263 e. The summed E-state index contributed by atoms with van der Waals surface area (Å²) in [6, 6.07) is 11.1. The molecule has 2 rings (SSSR count). The van der Waals surface area contributed by atoms with Gasteiger partial charge in [0.25, 0.3) is 11.5 Å². The van der Waals surface area contributed by atoms with E-state index in [4.69, 9.17) is 0 Å². The molecule has 2 N–H and O–H groups in total. The van der Waals surface area contributed by atoms with Gasteiger partial charge in [0.1, 0.15) is 5.56 Å². The summed E-state index contributed by atoms with van der Waals surface area (Å²) in [5.74, 6) is -0.419. The predicted octanol–water partition coefficient (Wildman–Crippen LogP) is 1.95. The first-order valence-corrected chi connectivity index (χ1v) is 8.09. The Morgan fingerprint density at radius 1 is 1.25 bits per heavy atom. The molecule has 1 aromatic heterocycles. The fourth-order valence-corrected chi connectivity index (χ4v) is 2.37. The van der Waals surface area contributed by atoms with Gasteiger partial charge in [-0.1, -0.05) is 43.7 Å². The van der Waals surface area contributed by atoms with Gasteiger partial charge in [-0.3, -0.25) is 9.59 Å². The molecule has 1 amide bonds. The van der Waals surface area contributed by atoms with Gasteiger partial charge in [-0.25, -0.2) is 0 Å². The molecule has 0 aliphatic carbocycles. The van der Waals surface area contributed by atoms with Crippen molar-refractivity contribution in [3.63, 3.8) is 0 Å². The molecule has 0 saturated heterocycles. The fourth-order valence-electron chi connectivity index (χ4n) is 2.37. The summed E-state index contributed by atoms with van der Waals surface area (Å²) in [5.41, 5.74) is 1.87. The highest BCUT2D eigenvalue weighted by Gasteiger charge is 2.15. The van der Waals surface area contributed by atoms with E-state index in [-0.39, 0.29) is 23.6 Å².